The number of aliphatic imine (C=N–C) groups is 2. The molecule has 0 aromatic rings. The van der Waals surface area contributed by atoms with Crippen molar-refractivity contribution in [1.29, 1.82) is 0 Å². The number of dihydropyridines is 1. The van der Waals surface area contributed by atoms with Crippen LogP contribution in [-0.4, -0.2) is 58.5 Å². The lowest BCUT2D eigenvalue weighted by Gasteiger charge is -2.34. The van der Waals surface area contributed by atoms with E-state index in [4.69, 9.17) is 12.2 Å². The van der Waals surface area contributed by atoms with Crippen LogP contribution in [0.15, 0.2) is 22.1 Å². The number of piperidine rings is 1. The summed E-state index contributed by atoms with van der Waals surface area (Å²) in [5.74, 6) is 0.179. The third kappa shape index (κ3) is 3.17. The van der Waals surface area contributed by atoms with Gasteiger partial charge in [-0.05, 0) is 51.0 Å². The number of carbonyl (C=O) groups excluding carboxylic acids is 1. The molecule has 3 heterocycles. The molecular weight excluding hydrogens is 296 g/mol. The first-order valence-electron chi connectivity index (χ1n) is 8.05. The lowest BCUT2D eigenvalue weighted by Crippen LogP contribution is -2.47. The Morgan fingerprint density at radius 2 is 2.23 bits per heavy atom. The third-order valence-electron chi connectivity index (χ3n) is 4.62. The Hall–Kier alpha value is -1.40. The van der Waals surface area contributed by atoms with Crippen molar-refractivity contribution in [2.45, 2.75) is 38.6 Å². The first kappa shape index (κ1) is 15.5. The highest BCUT2D eigenvalue weighted by atomic mass is 32.1. The molecule has 2 unspecified atom stereocenters. The van der Waals surface area contributed by atoms with Crippen molar-refractivity contribution in [3.05, 3.63) is 12.2 Å². The molecule has 0 spiro atoms. The number of nitrogens with zero attached hydrogens (tertiary/aromatic N) is 4. The van der Waals surface area contributed by atoms with E-state index in [9.17, 15) is 4.79 Å². The largest absolute Gasteiger partial charge is 0.301 e. The number of allylic oxidation sites excluding steroid dienone is 1. The summed E-state index contributed by atoms with van der Waals surface area (Å²) >= 11 is 5.27. The van der Waals surface area contributed by atoms with Gasteiger partial charge in [-0.1, -0.05) is 12.5 Å². The fourth-order valence-electron chi connectivity index (χ4n) is 3.29. The van der Waals surface area contributed by atoms with Gasteiger partial charge in [0.15, 0.2) is 0 Å². The van der Waals surface area contributed by atoms with E-state index in [-0.39, 0.29) is 11.8 Å². The van der Waals surface area contributed by atoms with E-state index in [1.54, 1.807) is 17.2 Å². The van der Waals surface area contributed by atoms with E-state index in [2.05, 4.69) is 21.8 Å². The number of thiocarbonyl (C=S) groups is 1. The summed E-state index contributed by atoms with van der Waals surface area (Å²) in [6, 6.07) is 0.651. The van der Waals surface area contributed by atoms with Crippen molar-refractivity contribution < 1.29 is 4.79 Å². The van der Waals surface area contributed by atoms with Crippen LogP contribution in [0.25, 0.3) is 0 Å². The van der Waals surface area contributed by atoms with E-state index < -0.39 is 0 Å². The van der Waals surface area contributed by atoms with Gasteiger partial charge in [-0.2, -0.15) is 0 Å². The second-order valence-electron chi connectivity index (χ2n) is 6.12. The standard InChI is InChI=1S/C16H22N4OS/c1-12-6-2-3-9-19(12)10-5-11-20-15(21)13-7-4-8-17-14(13)18-16(20)22/h4,7-8,12-13H,2-3,5-6,9-11H2,1H3. The summed E-state index contributed by atoms with van der Waals surface area (Å²) in [6.07, 6.45) is 10.1. The topological polar surface area (TPSA) is 48.3 Å². The van der Waals surface area contributed by atoms with Crippen LogP contribution in [0.3, 0.4) is 0 Å². The molecule has 0 radical (unpaired) electrons. The molecule has 1 saturated heterocycles. The lowest BCUT2D eigenvalue weighted by molar-refractivity contribution is -0.128. The minimum Gasteiger partial charge on any atom is -0.301 e. The molecule has 5 nitrogen and oxygen atoms in total. The second kappa shape index (κ2) is 6.79. The van der Waals surface area contributed by atoms with Crippen LogP contribution in [0.4, 0.5) is 0 Å². The lowest BCUT2D eigenvalue weighted by atomic mass is 10.0. The van der Waals surface area contributed by atoms with Crippen molar-refractivity contribution >= 4 is 35.3 Å². The number of hydrogen-bond acceptors (Lipinski definition) is 4. The van der Waals surface area contributed by atoms with Crippen LogP contribution in [0.1, 0.15) is 32.6 Å². The zero-order valence-electron chi connectivity index (χ0n) is 12.9. The minimum atomic E-state index is -0.356. The fraction of sp³-hybridized carbons (Fsp3) is 0.625. The smallest absolute Gasteiger partial charge is 0.243 e. The summed E-state index contributed by atoms with van der Waals surface area (Å²) < 4.78 is 0. The predicted molar refractivity (Wildman–Crippen MR) is 92.4 cm³/mol. The summed E-state index contributed by atoms with van der Waals surface area (Å²) in [6.45, 7) is 5.12. The van der Waals surface area contributed by atoms with Gasteiger partial charge in [0.05, 0.1) is 0 Å². The zero-order valence-corrected chi connectivity index (χ0v) is 13.8. The Morgan fingerprint density at radius 1 is 1.36 bits per heavy atom. The molecule has 3 aliphatic rings. The molecule has 0 aromatic heterocycles. The van der Waals surface area contributed by atoms with Gasteiger partial charge in [-0.3, -0.25) is 9.69 Å². The predicted octanol–water partition coefficient (Wildman–Crippen LogP) is 2.03. The van der Waals surface area contributed by atoms with E-state index in [0.717, 1.165) is 13.0 Å². The maximum Gasteiger partial charge on any atom is 0.243 e. The average Bonchev–Trinajstić information content (AvgIpc) is 2.52. The van der Waals surface area contributed by atoms with E-state index in [1.807, 2.05) is 6.08 Å². The molecule has 0 saturated carbocycles. The molecule has 118 valence electrons. The van der Waals surface area contributed by atoms with E-state index in [1.165, 1.54) is 25.8 Å². The SMILES string of the molecule is CC1CCCCN1CCCN1C(=O)C2C=CC=NC2=NC1=S. The Kier molecular flexibility index (Phi) is 4.78. The van der Waals surface area contributed by atoms with Gasteiger partial charge in [0, 0.05) is 25.3 Å². The summed E-state index contributed by atoms with van der Waals surface area (Å²) in [5.41, 5.74) is 0. The number of amidine groups is 1. The Labute approximate surface area is 136 Å². The van der Waals surface area contributed by atoms with Crippen molar-refractivity contribution in [1.82, 2.24) is 9.80 Å². The Bertz CT molecular complexity index is 554. The van der Waals surface area contributed by atoms with E-state index >= 15 is 0 Å². The number of likely N-dealkylation sites (tertiary alicyclic amines) is 1. The number of hydrogen-bond donors (Lipinski definition) is 0. The van der Waals surface area contributed by atoms with Gasteiger partial charge >= 0.3 is 0 Å². The fourth-order valence-corrected chi connectivity index (χ4v) is 3.56. The molecule has 0 aliphatic carbocycles. The van der Waals surface area contributed by atoms with Crippen LogP contribution in [-0.2, 0) is 4.79 Å². The summed E-state index contributed by atoms with van der Waals surface area (Å²) in [4.78, 5) is 25.1. The Balaban J connectivity index is 1.57. The third-order valence-corrected chi connectivity index (χ3v) is 4.93. The van der Waals surface area contributed by atoms with Gasteiger partial charge in [0.25, 0.3) is 0 Å². The van der Waals surface area contributed by atoms with Crippen molar-refractivity contribution in [2.75, 3.05) is 19.6 Å². The van der Waals surface area contributed by atoms with Crippen molar-refractivity contribution in [3.63, 3.8) is 0 Å². The van der Waals surface area contributed by atoms with Crippen LogP contribution in [0.2, 0.25) is 0 Å². The maximum absolute atomic E-state index is 12.5. The molecular formula is C16H22N4OS. The number of rotatable bonds is 4. The van der Waals surface area contributed by atoms with Crippen LogP contribution in [0, 0.1) is 5.92 Å². The van der Waals surface area contributed by atoms with Gasteiger partial charge in [-0.15, -0.1) is 0 Å². The second-order valence-corrected chi connectivity index (χ2v) is 6.48. The van der Waals surface area contributed by atoms with Gasteiger partial charge in [0.1, 0.15) is 11.8 Å². The molecule has 2 atom stereocenters. The zero-order chi connectivity index (χ0) is 15.5. The Morgan fingerprint density at radius 3 is 3.05 bits per heavy atom. The number of amides is 1. The van der Waals surface area contributed by atoms with Gasteiger partial charge in [-0.25, -0.2) is 9.98 Å². The van der Waals surface area contributed by atoms with Gasteiger partial charge in [0.2, 0.25) is 11.0 Å². The molecule has 1 fully saturated rings. The molecule has 22 heavy (non-hydrogen) atoms. The molecule has 0 N–H and O–H groups in total. The van der Waals surface area contributed by atoms with Crippen LogP contribution >= 0.6 is 12.2 Å². The molecule has 3 rings (SSSR count). The molecule has 3 aliphatic heterocycles. The summed E-state index contributed by atoms with van der Waals surface area (Å²) in [7, 11) is 0. The highest BCUT2D eigenvalue weighted by Crippen LogP contribution is 2.20. The van der Waals surface area contributed by atoms with E-state index in [0.29, 0.717) is 23.5 Å². The molecule has 1 amide bonds. The van der Waals surface area contributed by atoms with Crippen LogP contribution in [0.5, 0.6) is 0 Å². The first-order chi connectivity index (χ1) is 10.7. The maximum atomic E-state index is 12.5. The molecule has 0 aromatic carbocycles. The first-order valence-corrected chi connectivity index (χ1v) is 8.46. The quantitative estimate of drug-likeness (QED) is 0.745. The average molecular weight is 318 g/mol. The summed E-state index contributed by atoms with van der Waals surface area (Å²) in [5, 5.41) is 0.357. The van der Waals surface area contributed by atoms with Gasteiger partial charge < -0.3 is 4.90 Å². The normalized spacial score (nSPS) is 28.8. The molecule has 0 bridgehead atoms. The number of carbonyl (C=O) groups is 1. The number of fused-ring (bicyclic) bond motifs is 1. The molecule has 6 heteroatoms. The van der Waals surface area contributed by atoms with Crippen molar-refractivity contribution in [3.8, 4) is 0 Å². The van der Waals surface area contributed by atoms with Crippen molar-refractivity contribution in [2.24, 2.45) is 15.9 Å². The minimum absolute atomic E-state index is 0.00907. The van der Waals surface area contributed by atoms with Crippen LogP contribution < -0.4 is 0 Å². The monoisotopic (exact) mass is 318 g/mol. The highest BCUT2D eigenvalue weighted by Gasteiger charge is 2.34. The highest BCUT2D eigenvalue weighted by molar-refractivity contribution is 7.80.